The van der Waals surface area contributed by atoms with E-state index in [1.54, 1.807) is 6.07 Å². The zero-order valence-electron chi connectivity index (χ0n) is 9.74. The summed E-state index contributed by atoms with van der Waals surface area (Å²) in [4.78, 5) is 14.7. The average molecular weight is 259 g/mol. The van der Waals surface area contributed by atoms with Gasteiger partial charge < -0.3 is 15.2 Å². The molecule has 0 radical (unpaired) electrons. The van der Waals surface area contributed by atoms with Gasteiger partial charge in [0, 0.05) is 6.54 Å². The molecule has 0 bridgehead atoms. The lowest BCUT2D eigenvalue weighted by Crippen LogP contribution is -2.14. The SMILES string of the molecule is CC(C)OCCNc1ccc(Cl)c(C(=O)O)n1. The van der Waals surface area contributed by atoms with Crippen molar-refractivity contribution in [2.45, 2.75) is 20.0 Å². The Kier molecular flexibility index (Phi) is 5.18. The maximum atomic E-state index is 10.8. The number of hydrogen-bond donors (Lipinski definition) is 2. The number of carbonyl (C=O) groups is 1. The maximum absolute atomic E-state index is 10.8. The minimum atomic E-state index is -1.14. The van der Waals surface area contributed by atoms with Crippen molar-refractivity contribution < 1.29 is 14.6 Å². The van der Waals surface area contributed by atoms with Crippen LogP contribution in [0, 0.1) is 0 Å². The molecule has 0 aliphatic heterocycles. The van der Waals surface area contributed by atoms with Gasteiger partial charge in [0.25, 0.3) is 0 Å². The molecule has 0 aliphatic carbocycles. The van der Waals surface area contributed by atoms with Gasteiger partial charge in [-0.2, -0.15) is 0 Å². The number of nitrogens with zero attached hydrogens (tertiary/aromatic N) is 1. The first-order valence-electron chi connectivity index (χ1n) is 5.26. The third kappa shape index (κ3) is 4.58. The summed E-state index contributed by atoms with van der Waals surface area (Å²) < 4.78 is 5.33. The van der Waals surface area contributed by atoms with Gasteiger partial charge in [0.1, 0.15) is 5.82 Å². The van der Waals surface area contributed by atoms with Crippen molar-refractivity contribution in [1.29, 1.82) is 0 Å². The fourth-order valence-electron chi connectivity index (χ4n) is 1.16. The molecule has 6 heteroatoms. The minimum absolute atomic E-state index is 0.126. The summed E-state index contributed by atoms with van der Waals surface area (Å²) in [5.41, 5.74) is -0.151. The number of anilines is 1. The van der Waals surface area contributed by atoms with Gasteiger partial charge in [-0.05, 0) is 26.0 Å². The monoisotopic (exact) mass is 258 g/mol. The van der Waals surface area contributed by atoms with Gasteiger partial charge in [-0.3, -0.25) is 0 Å². The number of nitrogens with one attached hydrogen (secondary N) is 1. The van der Waals surface area contributed by atoms with Gasteiger partial charge in [0.2, 0.25) is 0 Å². The van der Waals surface area contributed by atoms with E-state index >= 15 is 0 Å². The number of hydrogen-bond acceptors (Lipinski definition) is 4. The summed E-state index contributed by atoms with van der Waals surface area (Å²) in [6.07, 6.45) is 0.171. The van der Waals surface area contributed by atoms with Crippen LogP contribution in [0.1, 0.15) is 24.3 Å². The summed E-state index contributed by atoms with van der Waals surface area (Å²) in [6.45, 7) is 4.99. The summed E-state index contributed by atoms with van der Waals surface area (Å²) in [6, 6.07) is 3.13. The van der Waals surface area contributed by atoms with Crippen LogP contribution in [0.4, 0.5) is 5.82 Å². The van der Waals surface area contributed by atoms with E-state index in [2.05, 4.69) is 10.3 Å². The molecule has 0 amide bonds. The van der Waals surface area contributed by atoms with E-state index < -0.39 is 5.97 Å². The summed E-state index contributed by atoms with van der Waals surface area (Å²) in [7, 11) is 0. The van der Waals surface area contributed by atoms with Crippen molar-refractivity contribution in [3.05, 3.63) is 22.8 Å². The first kappa shape index (κ1) is 13.7. The highest BCUT2D eigenvalue weighted by Crippen LogP contribution is 2.16. The van der Waals surface area contributed by atoms with E-state index in [9.17, 15) is 4.79 Å². The Hall–Kier alpha value is -1.33. The highest BCUT2D eigenvalue weighted by Gasteiger charge is 2.11. The number of aromatic carboxylic acids is 1. The zero-order chi connectivity index (χ0) is 12.8. The second kappa shape index (κ2) is 6.42. The predicted molar refractivity (Wildman–Crippen MR) is 65.8 cm³/mol. The van der Waals surface area contributed by atoms with Gasteiger partial charge in [0.05, 0.1) is 17.7 Å². The van der Waals surface area contributed by atoms with Crippen LogP contribution in [0.3, 0.4) is 0 Å². The first-order valence-corrected chi connectivity index (χ1v) is 5.64. The quantitative estimate of drug-likeness (QED) is 0.766. The molecule has 0 saturated heterocycles. The third-order valence-corrected chi connectivity index (χ3v) is 2.21. The number of halogens is 1. The Morgan fingerprint density at radius 1 is 1.59 bits per heavy atom. The molecule has 0 unspecified atom stereocenters. The molecule has 0 saturated carbocycles. The predicted octanol–water partition coefficient (Wildman–Crippen LogP) is 2.27. The standard InChI is InChI=1S/C11H15ClN2O3/c1-7(2)17-6-5-13-9-4-3-8(12)10(14-9)11(15)16/h3-4,7H,5-6H2,1-2H3,(H,13,14)(H,15,16). The van der Waals surface area contributed by atoms with Crippen molar-refractivity contribution in [3.63, 3.8) is 0 Å². The van der Waals surface area contributed by atoms with Crippen LogP contribution in [0.5, 0.6) is 0 Å². The second-order valence-corrected chi connectivity index (χ2v) is 4.09. The van der Waals surface area contributed by atoms with Crippen LogP contribution < -0.4 is 5.32 Å². The van der Waals surface area contributed by atoms with Gasteiger partial charge >= 0.3 is 5.97 Å². The van der Waals surface area contributed by atoms with E-state index in [0.29, 0.717) is 19.0 Å². The number of pyridine rings is 1. The largest absolute Gasteiger partial charge is 0.476 e. The number of carboxylic acids is 1. The lowest BCUT2D eigenvalue weighted by molar-refractivity contribution is 0.0691. The maximum Gasteiger partial charge on any atom is 0.356 e. The van der Waals surface area contributed by atoms with Crippen molar-refractivity contribution in [1.82, 2.24) is 4.98 Å². The van der Waals surface area contributed by atoms with E-state index in [1.165, 1.54) is 6.07 Å². The molecule has 1 rings (SSSR count). The normalized spacial score (nSPS) is 10.6. The molecular formula is C11H15ClN2O3. The molecule has 0 fully saturated rings. The fourth-order valence-corrected chi connectivity index (χ4v) is 1.35. The Balaban J connectivity index is 2.54. The van der Waals surface area contributed by atoms with Gasteiger partial charge in [-0.25, -0.2) is 9.78 Å². The van der Waals surface area contributed by atoms with Crippen LogP contribution in [-0.4, -0.2) is 35.3 Å². The Morgan fingerprint density at radius 2 is 2.29 bits per heavy atom. The highest BCUT2D eigenvalue weighted by molar-refractivity contribution is 6.33. The van der Waals surface area contributed by atoms with Crippen molar-refractivity contribution in [2.75, 3.05) is 18.5 Å². The van der Waals surface area contributed by atoms with Gasteiger partial charge in [0.15, 0.2) is 5.69 Å². The van der Waals surface area contributed by atoms with Crippen LogP contribution >= 0.6 is 11.6 Å². The van der Waals surface area contributed by atoms with Gasteiger partial charge in [-0.15, -0.1) is 0 Å². The number of carboxylic acid groups (broad SMARTS) is 1. The highest BCUT2D eigenvalue weighted by atomic mass is 35.5. The van der Waals surface area contributed by atoms with E-state index in [1.807, 2.05) is 13.8 Å². The molecule has 94 valence electrons. The van der Waals surface area contributed by atoms with E-state index in [4.69, 9.17) is 21.4 Å². The van der Waals surface area contributed by atoms with E-state index in [0.717, 1.165) is 0 Å². The number of ether oxygens (including phenoxy) is 1. The molecule has 0 aromatic carbocycles. The molecule has 2 N–H and O–H groups in total. The summed E-state index contributed by atoms with van der Waals surface area (Å²) >= 11 is 5.70. The molecule has 1 aromatic heterocycles. The fraction of sp³-hybridized carbons (Fsp3) is 0.455. The number of rotatable bonds is 6. The Bertz CT molecular complexity index is 396. The molecular weight excluding hydrogens is 244 g/mol. The first-order chi connectivity index (χ1) is 8.00. The Labute approximate surface area is 105 Å². The summed E-state index contributed by atoms with van der Waals surface area (Å²) in [5, 5.41) is 11.9. The van der Waals surface area contributed by atoms with Crippen LogP contribution in [-0.2, 0) is 4.74 Å². The molecule has 0 spiro atoms. The zero-order valence-corrected chi connectivity index (χ0v) is 10.5. The van der Waals surface area contributed by atoms with Gasteiger partial charge in [-0.1, -0.05) is 11.6 Å². The van der Waals surface area contributed by atoms with Crippen molar-refractivity contribution >= 4 is 23.4 Å². The Morgan fingerprint density at radius 3 is 2.88 bits per heavy atom. The van der Waals surface area contributed by atoms with Crippen LogP contribution in [0.25, 0.3) is 0 Å². The molecule has 0 atom stereocenters. The van der Waals surface area contributed by atoms with Crippen molar-refractivity contribution in [2.24, 2.45) is 0 Å². The molecule has 0 aliphatic rings. The van der Waals surface area contributed by atoms with Crippen LogP contribution in [0.2, 0.25) is 5.02 Å². The molecule has 1 aromatic rings. The van der Waals surface area contributed by atoms with Crippen molar-refractivity contribution in [3.8, 4) is 0 Å². The molecule has 17 heavy (non-hydrogen) atoms. The lowest BCUT2D eigenvalue weighted by Gasteiger charge is -2.09. The topological polar surface area (TPSA) is 71.5 Å². The van der Waals surface area contributed by atoms with E-state index in [-0.39, 0.29) is 16.8 Å². The average Bonchev–Trinajstić information content (AvgIpc) is 2.25. The van der Waals surface area contributed by atoms with Crippen LogP contribution in [0.15, 0.2) is 12.1 Å². The molecule has 5 nitrogen and oxygen atoms in total. The molecule has 1 heterocycles. The smallest absolute Gasteiger partial charge is 0.356 e. The number of aromatic nitrogens is 1. The minimum Gasteiger partial charge on any atom is -0.476 e. The third-order valence-electron chi connectivity index (χ3n) is 1.91. The summed E-state index contributed by atoms with van der Waals surface area (Å²) in [5.74, 6) is -0.670. The second-order valence-electron chi connectivity index (χ2n) is 3.68. The lowest BCUT2D eigenvalue weighted by atomic mass is 10.3.